The minimum Gasteiger partial charge on any atom is -0.309 e. The van der Waals surface area contributed by atoms with Crippen molar-refractivity contribution in [2.75, 3.05) is 12.8 Å². The monoisotopic (exact) mass is 299 g/mol. The van der Waals surface area contributed by atoms with Crippen LogP contribution in [0.25, 0.3) is 0 Å². The molecule has 0 bridgehead atoms. The Labute approximate surface area is 124 Å². The van der Waals surface area contributed by atoms with E-state index in [9.17, 15) is 8.78 Å². The Hall–Kier alpha value is -0.610. The summed E-state index contributed by atoms with van der Waals surface area (Å²) < 4.78 is 27.3. The van der Waals surface area contributed by atoms with Crippen LogP contribution in [-0.2, 0) is 0 Å². The van der Waals surface area contributed by atoms with Gasteiger partial charge in [-0.2, -0.15) is 11.8 Å². The SMILES string of the molecule is CSC1(CNC(C)c2cc(F)ccc2F)CCCCC1. The smallest absolute Gasteiger partial charge is 0.128 e. The molecule has 112 valence electrons. The molecule has 1 aliphatic carbocycles. The summed E-state index contributed by atoms with van der Waals surface area (Å²) in [5.74, 6) is -0.722. The van der Waals surface area contributed by atoms with Gasteiger partial charge < -0.3 is 5.32 Å². The molecule has 1 aromatic rings. The second-order valence-electron chi connectivity index (χ2n) is 5.72. The first kappa shape index (κ1) is 15.8. The molecule has 0 amide bonds. The highest BCUT2D eigenvalue weighted by Gasteiger charge is 2.31. The molecule has 0 aliphatic heterocycles. The van der Waals surface area contributed by atoms with Crippen LogP contribution in [-0.4, -0.2) is 17.5 Å². The summed E-state index contributed by atoms with van der Waals surface area (Å²) >= 11 is 1.91. The third-order valence-electron chi connectivity index (χ3n) is 4.35. The number of rotatable bonds is 5. The predicted molar refractivity (Wildman–Crippen MR) is 82.1 cm³/mol. The minimum atomic E-state index is -0.382. The van der Waals surface area contributed by atoms with Gasteiger partial charge in [-0.05, 0) is 44.2 Å². The van der Waals surface area contributed by atoms with Gasteiger partial charge in [0.25, 0.3) is 0 Å². The van der Waals surface area contributed by atoms with Gasteiger partial charge in [-0.15, -0.1) is 0 Å². The third kappa shape index (κ3) is 3.73. The predicted octanol–water partition coefficient (Wildman–Crippen LogP) is 4.68. The minimum absolute atomic E-state index is 0.170. The van der Waals surface area contributed by atoms with E-state index < -0.39 is 0 Å². The van der Waals surface area contributed by atoms with E-state index in [0.717, 1.165) is 12.6 Å². The highest BCUT2D eigenvalue weighted by Crippen LogP contribution is 2.38. The zero-order valence-corrected chi connectivity index (χ0v) is 13.0. The van der Waals surface area contributed by atoms with Gasteiger partial charge in [0.1, 0.15) is 11.6 Å². The van der Waals surface area contributed by atoms with E-state index in [2.05, 4.69) is 11.6 Å². The molecule has 20 heavy (non-hydrogen) atoms. The number of hydrogen-bond acceptors (Lipinski definition) is 2. The fourth-order valence-corrected chi connectivity index (χ4v) is 3.87. The Balaban J connectivity index is 2.00. The van der Waals surface area contributed by atoms with E-state index >= 15 is 0 Å². The standard InChI is InChI=1S/C16H23F2NS/c1-12(14-10-13(17)6-7-15(14)18)19-11-16(20-2)8-4-3-5-9-16/h6-7,10,12,19H,3-5,8-9,11H2,1-2H3. The van der Waals surface area contributed by atoms with Crippen molar-refractivity contribution in [3.8, 4) is 0 Å². The molecule has 0 radical (unpaired) electrons. The van der Waals surface area contributed by atoms with Crippen molar-refractivity contribution >= 4 is 11.8 Å². The summed E-state index contributed by atoms with van der Waals surface area (Å²) in [7, 11) is 0. The van der Waals surface area contributed by atoms with Crippen molar-refractivity contribution in [1.29, 1.82) is 0 Å². The molecule has 0 saturated heterocycles. The van der Waals surface area contributed by atoms with E-state index in [4.69, 9.17) is 0 Å². The number of benzene rings is 1. The van der Waals surface area contributed by atoms with Crippen LogP contribution in [0.2, 0.25) is 0 Å². The van der Waals surface area contributed by atoms with E-state index in [0.29, 0.717) is 5.56 Å². The van der Waals surface area contributed by atoms with Gasteiger partial charge in [-0.25, -0.2) is 8.78 Å². The Morgan fingerprint density at radius 1 is 1.25 bits per heavy atom. The third-order valence-corrected chi connectivity index (χ3v) is 5.77. The van der Waals surface area contributed by atoms with Crippen LogP contribution < -0.4 is 5.32 Å². The second kappa shape index (κ2) is 6.90. The van der Waals surface area contributed by atoms with Gasteiger partial charge in [0.05, 0.1) is 0 Å². The normalized spacial score (nSPS) is 19.8. The van der Waals surface area contributed by atoms with E-state index in [1.165, 1.54) is 44.2 Å². The Morgan fingerprint density at radius 3 is 2.60 bits per heavy atom. The van der Waals surface area contributed by atoms with E-state index in [1.807, 2.05) is 18.7 Å². The Kier molecular flexibility index (Phi) is 5.44. The molecule has 1 atom stereocenters. The lowest BCUT2D eigenvalue weighted by molar-refractivity contribution is 0.365. The molecule has 2 rings (SSSR count). The largest absolute Gasteiger partial charge is 0.309 e. The summed E-state index contributed by atoms with van der Waals surface area (Å²) in [5.41, 5.74) is 0.414. The first-order chi connectivity index (χ1) is 9.56. The lowest BCUT2D eigenvalue weighted by Crippen LogP contribution is -2.40. The molecule has 1 nitrogen and oxygen atoms in total. The average molecular weight is 299 g/mol. The quantitative estimate of drug-likeness (QED) is 0.847. The number of thioether (sulfide) groups is 1. The molecule has 0 heterocycles. The molecule has 1 N–H and O–H groups in total. The van der Waals surface area contributed by atoms with Crippen LogP contribution in [0.4, 0.5) is 8.78 Å². The van der Waals surface area contributed by atoms with Crippen LogP contribution in [0.5, 0.6) is 0 Å². The van der Waals surface area contributed by atoms with E-state index in [1.54, 1.807) is 0 Å². The molecule has 0 spiro atoms. The highest BCUT2D eigenvalue weighted by atomic mass is 32.2. The molecular weight excluding hydrogens is 276 g/mol. The van der Waals surface area contributed by atoms with Gasteiger partial charge in [0, 0.05) is 22.9 Å². The zero-order valence-electron chi connectivity index (χ0n) is 12.2. The second-order valence-corrected chi connectivity index (χ2v) is 6.99. The van der Waals surface area contributed by atoms with Crippen molar-refractivity contribution in [2.24, 2.45) is 0 Å². The lowest BCUT2D eigenvalue weighted by atomic mass is 9.88. The fraction of sp³-hybridized carbons (Fsp3) is 0.625. The first-order valence-electron chi connectivity index (χ1n) is 7.30. The summed E-state index contributed by atoms with van der Waals surface area (Å²) in [6.45, 7) is 2.75. The molecule has 1 unspecified atom stereocenters. The van der Waals surface area contributed by atoms with Crippen LogP contribution in [0, 0.1) is 11.6 Å². The topological polar surface area (TPSA) is 12.0 Å². The first-order valence-corrected chi connectivity index (χ1v) is 8.52. The maximum absolute atomic E-state index is 13.8. The summed E-state index contributed by atoms with van der Waals surface area (Å²) in [6.07, 6.45) is 8.42. The molecule has 1 saturated carbocycles. The average Bonchev–Trinajstić information content (AvgIpc) is 2.48. The molecule has 1 aliphatic rings. The van der Waals surface area contributed by atoms with Crippen molar-refractivity contribution in [3.63, 3.8) is 0 Å². The van der Waals surface area contributed by atoms with Crippen molar-refractivity contribution in [2.45, 2.75) is 49.8 Å². The summed E-state index contributed by atoms with van der Waals surface area (Å²) in [5, 5.41) is 3.40. The van der Waals surface area contributed by atoms with Gasteiger partial charge in [0.2, 0.25) is 0 Å². The van der Waals surface area contributed by atoms with Gasteiger partial charge in [-0.1, -0.05) is 19.3 Å². The molecule has 1 aromatic carbocycles. The number of hydrogen-bond donors (Lipinski definition) is 1. The van der Waals surface area contributed by atoms with Crippen molar-refractivity contribution < 1.29 is 8.78 Å². The zero-order chi connectivity index (χ0) is 14.6. The Morgan fingerprint density at radius 2 is 1.95 bits per heavy atom. The molecule has 4 heteroatoms. The van der Waals surface area contributed by atoms with Crippen LogP contribution in [0.1, 0.15) is 50.6 Å². The van der Waals surface area contributed by atoms with Crippen LogP contribution in [0.15, 0.2) is 18.2 Å². The maximum atomic E-state index is 13.8. The Bertz CT molecular complexity index is 444. The summed E-state index contributed by atoms with van der Waals surface area (Å²) in [4.78, 5) is 0. The summed E-state index contributed by atoms with van der Waals surface area (Å²) in [6, 6.07) is 3.49. The van der Waals surface area contributed by atoms with Gasteiger partial charge in [-0.3, -0.25) is 0 Å². The van der Waals surface area contributed by atoms with Gasteiger partial charge in [0.15, 0.2) is 0 Å². The molecule has 0 aromatic heterocycles. The lowest BCUT2D eigenvalue weighted by Gasteiger charge is -2.37. The molecular formula is C16H23F2NS. The number of halogens is 2. The van der Waals surface area contributed by atoms with Crippen molar-refractivity contribution in [3.05, 3.63) is 35.4 Å². The van der Waals surface area contributed by atoms with E-state index in [-0.39, 0.29) is 22.4 Å². The van der Waals surface area contributed by atoms with Crippen molar-refractivity contribution in [1.82, 2.24) is 5.32 Å². The number of nitrogens with one attached hydrogen (secondary N) is 1. The maximum Gasteiger partial charge on any atom is 0.128 e. The van der Waals surface area contributed by atoms with Gasteiger partial charge >= 0.3 is 0 Å². The van der Waals surface area contributed by atoms with Crippen LogP contribution >= 0.6 is 11.8 Å². The van der Waals surface area contributed by atoms with Crippen LogP contribution in [0.3, 0.4) is 0 Å². The molecule has 1 fully saturated rings. The highest BCUT2D eigenvalue weighted by molar-refractivity contribution is 8.00. The fourth-order valence-electron chi connectivity index (χ4n) is 2.94.